The molecule has 1 fully saturated rings. The topological polar surface area (TPSA) is 44.6 Å². The zero-order valence-electron chi connectivity index (χ0n) is 17.9. The van der Waals surface area contributed by atoms with Crippen LogP contribution in [0.1, 0.15) is 46.4 Å². The van der Waals surface area contributed by atoms with Crippen molar-refractivity contribution in [3.63, 3.8) is 0 Å². The summed E-state index contributed by atoms with van der Waals surface area (Å²) in [5, 5.41) is 6.94. The first-order valence-electron chi connectivity index (χ1n) is 10.9. The van der Waals surface area contributed by atoms with E-state index in [9.17, 15) is 4.79 Å². The summed E-state index contributed by atoms with van der Waals surface area (Å²) < 4.78 is 2.07. The number of fused-ring (bicyclic) bond motifs is 1. The van der Waals surface area contributed by atoms with E-state index in [-0.39, 0.29) is 5.91 Å². The van der Waals surface area contributed by atoms with Crippen molar-refractivity contribution in [1.29, 1.82) is 0 Å². The van der Waals surface area contributed by atoms with Gasteiger partial charge >= 0.3 is 0 Å². The number of hydrogen-bond acceptors (Lipinski definition) is 5. The number of thiophene rings is 1. The molecule has 7 heteroatoms. The lowest BCUT2D eigenvalue weighted by molar-refractivity contribution is 0.0754. The molecule has 0 radical (unpaired) electrons. The Kier molecular flexibility index (Phi) is 6.37. The Morgan fingerprint density at radius 3 is 2.93 bits per heavy atom. The summed E-state index contributed by atoms with van der Waals surface area (Å²) in [7, 11) is 4.35. The summed E-state index contributed by atoms with van der Waals surface area (Å²) in [6.07, 6.45) is 4.09. The molecule has 1 aliphatic carbocycles. The normalized spacial score (nSPS) is 20.7. The number of carbonyl (C=O) groups excluding carboxylic acids is 1. The Morgan fingerprint density at radius 2 is 2.17 bits per heavy atom. The van der Waals surface area contributed by atoms with Crippen LogP contribution in [-0.4, -0.2) is 76.7 Å². The fourth-order valence-corrected chi connectivity index (χ4v) is 5.42. The number of carbonyl (C=O) groups is 1. The number of rotatable bonds is 5. The second kappa shape index (κ2) is 8.98. The van der Waals surface area contributed by atoms with Crippen molar-refractivity contribution in [1.82, 2.24) is 24.5 Å². The molecule has 1 atom stereocenters. The highest BCUT2D eigenvalue weighted by Gasteiger charge is 2.32. The van der Waals surface area contributed by atoms with E-state index in [1.54, 1.807) is 0 Å². The highest BCUT2D eigenvalue weighted by atomic mass is 32.1. The van der Waals surface area contributed by atoms with Crippen LogP contribution in [0.3, 0.4) is 0 Å². The van der Waals surface area contributed by atoms with Gasteiger partial charge in [-0.1, -0.05) is 6.07 Å². The van der Waals surface area contributed by atoms with Crippen LogP contribution in [0.5, 0.6) is 0 Å². The molecule has 0 N–H and O–H groups in total. The van der Waals surface area contributed by atoms with Crippen LogP contribution >= 0.6 is 11.3 Å². The van der Waals surface area contributed by atoms with Gasteiger partial charge in [-0.05, 0) is 64.7 Å². The quantitative estimate of drug-likeness (QED) is 0.753. The van der Waals surface area contributed by atoms with Gasteiger partial charge in [0.1, 0.15) is 0 Å². The summed E-state index contributed by atoms with van der Waals surface area (Å²) in [4.78, 5) is 21.6. The molecule has 2 aromatic rings. The van der Waals surface area contributed by atoms with E-state index in [2.05, 4.69) is 53.0 Å². The number of nitrogens with zero attached hydrogens (tertiary/aromatic N) is 5. The second-order valence-corrected chi connectivity index (χ2v) is 9.46. The molecule has 6 nitrogen and oxygen atoms in total. The van der Waals surface area contributed by atoms with Gasteiger partial charge in [-0.15, -0.1) is 11.3 Å². The maximum Gasteiger partial charge on any atom is 0.274 e. The third kappa shape index (κ3) is 4.42. The number of aryl methyl sites for hydroxylation is 1. The SMILES string of the molecule is CCn1nc(C(=O)N2CCCN(C)CC2)c2c1CCC(N(C)Cc1cccs1)C2. The average Bonchev–Trinajstić information content (AvgIpc) is 3.31. The van der Waals surface area contributed by atoms with Gasteiger partial charge in [0, 0.05) is 54.9 Å². The number of likely N-dealkylation sites (N-methyl/N-ethyl adjacent to an activating group) is 2. The standard InChI is InChI=1S/C22H33N5OS/c1-4-27-20-9-8-17(25(3)16-18-7-5-14-29-18)15-19(20)21(23-27)22(28)26-11-6-10-24(2)12-13-26/h5,7,14,17H,4,6,8-13,15-16H2,1-3H3. The molecule has 1 aliphatic heterocycles. The van der Waals surface area contributed by atoms with Gasteiger partial charge in [-0.3, -0.25) is 14.4 Å². The van der Waals surface area contributed by atoms with Gasteiger partial charge in [0.2, 0.25) is 0 Å². The van der Waals surface area contributed by atoms with Crippen molar-refractivity contribution < 1.29 is 4.79 Å². The molecule has 3 heterocycles. The van der Waals surface area contributed by atoms with Crippen molar-refractivity contribution in [2.24, 2.45) is 0 Å². The third-order valence-corrected chi connectivity index (χ3v) is 7.30. The van der Waals surface area contributed by atoms with Crippen molar-refractivity contribution in [2.45, 2.75) is 51.7 Å². The van der Waals surface area contributed by atoms with E-state index in [1.807, 2.05) is 16.2 Å². The molecule has 158 valence electrons. The summed E-state index contributed by atoms with van der Waals surface area (Å²) in [5.41, 5.74) is 3.19. The maximum atomic E-state index is 13.4. The molecule has 1 saturated heterocycles. The van der Waals surface area contributed by atoms with Gasteiger partial charge in [0.25, 0.3) is 5.91 Å². The second-order valence-electron chi connectivity index (χ2n) is 8.43. The molecule has 4 rings (SSSR count). The largest absolute Gasteiger partial charge is 0.336 e. The molecule has 2 aromatic heterocycles. The zero-order chi connectivity index (χ0) is 20.4. The van der Waals surface area contributed by atoms with Crippen LogP contribution in [0.25, 0.3) is 0 Å². The van der Waals surface area contributed by atoms with E-state index in [0.717, 1.165) is 65.0 Å². The van der Waals surface area contributed by atoms with Crippen LogP contribution in [0.2, 0.25) is 0 Å². The highest BCUT2D eigenvalue weighted by Crippen LogP contribution is 2.29. The number of aromatic nitrogens is 2. The van der Waals surface area contributed by atoms with E-state index in [0.29, 0.717) is 11.7 Å². The van der Waals surface area contributed by atoms with E-state index in [1.165, 1.54) is 16.1 Å². The minimum absolute atomic E-state index is 0.130. The Bertz CT molecular complexity index is 831. The van der Waals surface area contributed by atoms with Crippen molar-refractivity contribution >= 4 is 17.2 Å². The molecule has 1 unspecified atom stereocenters. The van der Waals surface area contributed by atoms with Gasteiger partial charge in [0.05, 0.1) is 0 Å². The van der Waals surface area contributed by atoms with Gasteiger partial charge in [-0.2, -0.15) is 5.10 Å². The fourth-order valence-electron chi connectivity index (χ4n) is 4.66. The van der Waals surface area contributed by atoms with Crippen LogP contribution in [0, 0.1) is 0 Å². The van der Waals surface area contributed by atoms with Gasteiger partial charge < -0.3 is 9.80 Å². The predicted molar refractivity (Wildman–Crippen MR) is 118 cm³/mol. The lowest BCUT2D eigenvalue weighted by atomic mass is 9.90. The zero-order valence-corrected chi connectivity index (χ0v) is 18.7. The first kappa shape index (κ1) is 20.6. The summed E-state index contributed by atoms with van der Waals surface area (Å²) in [5.74, 6) is 0.130. The Balaban J connectivity index is 1.54. The predicted octanol–water partition coefficient (Wildman–Crippen LogP) is 2.73. The Morgan fingerprint density at radius 1 is 1.31 bits per heavy atom. The Labute approximate surface area is 178 Å². The Hall–Kier alpha value is -1.70. The van der Waals surface area contributed by atoms with Crippen molar-refractivity contribution in [3.05, 3.63) is 39.3 Å². The van der Waals surface area contributed by atoms with E-state index in [4.69, 9.17) is 5.10 Å². The van der Waals surface area contributed by atoms with Crippen LogP contribution in [0.15, 0.2) is 17.5 Å². The molecular weight excluding hydrogens is 382 g/mol. The summed E-state index contributed by atoms with van der Waals surface area (Å²) >= 11 is 1.81. The minimum atomic E-state index is 0.130. The third-order valence-electron chi connectivity index (χ3n) is 6.44. The van der Waals surface area contributed by atoms with Gasteiger partial charge in [0.15, 0.2) is 5.69 Å². The highest BCUT2D eigenvalue weighted by molar-refractivity contribution is 7.09. The lowest BCUT2D eigenvalue weighted by Crippen LogP contribution is -2.38. The summed E-state index contributed by atoms with van der Waals surface area (Å²) in [6.45, 7) is 7.55. The number of amides is 1. The first-order chi connectivity index (χ1) is 14.1. The molecule has 0 spiro atoms. The van der Waals surface area contributed by atoms with Crippen LogP contribution in [0.4, 0.5) is 0 Å². The molecule has 0 bridgehead atoms. The molecular formula is C22H33N5OS. The number of hydrogen-bond donors (Lipinski definition) is 0. The average molecular weight is 416 g/mol. The van der Waals surface area contributed by atoms with Crippen LogP contribution in [-0.2, 0) is 25.9 Å². The lowest BCUT2D eigenvalue weighted by Gasteiger charge is -2.31. The molecule has 29 heavy (non-hydrogen) atoms. The smallest absolute Gasteiger partial charge is 0.274 e. The van der Waals surface area contributed by atoms with Crippen molar-refractivity contribution in [2.75, 3.05) is 40.3 Å². The summed E-state index contributed by atoms with van der Waals surface area (Å²) in [6, 6.07) is 4.78. The molecule has 0 saturated carbocycles. The molecule has 2 aliphatic rings. The van der Waals surface area contributed by atoms with E-state index < -0.39 is 0 Å². The monoisotopic (exact) mass is 415 g/mol. The molecule has 1 amide bonds. The van der Waals surface area contributed by atoms with Crippen LogP contribution < -0.4 is 0 Å². The van der Waals surface area contributed by atoms with Gasteiger partial charge in [-0.25, -0.2) is 0 Å². The maximum absolute atomic E-state index is 13.4. The fraction of sp³-hybridized carbons (Fsp3) is 0.636. The first-order valence-corrected chi connectivity index (χ1v) is 11.7. The molecule has 0 aromatic carbocycles. The minimum Gasteiger partial charge on any atom is -0.336 e. The van der Waals surface area contributed by atoms with E-state index >= 15 is 0 Å². The van der Waals surface area contributed by atoms with Crippen molar-refractivity contribution in [3.8, 4) is 0 Å².